The van der Waals surface area contributed by atoms with Gasteiger partial charge < -0.3 is 9.88 Å². The Bertz CT molecular complexity index is 1400. The second-order valence-corrected chi connectivity index (χ2v) is 9.02. The number of alkyl halides is 3. The molecule has 0 spiro atoms. The number of H-pyrrole nitrogens is 1. The van der Waals surface area contributed by atoms with E-state index in [-0.39, 0.29) is 22.0 Å². The zero-order valence-corrected chi connectivity index (χ0v) is 19.1. The highest BCUT2D eigenvalue weighted by molar-refractivity contribution is 6.35. The van der Waals surface area contributed by atoms with Crippen molar-refractivity contribution in [1.82, 2.24) is 29.9 Å². The number of benzene rings is 2. The summed E-state index contributed by atoms with van der Waals surface area (Å²) in [5.74, 6) is 0.152. The number of hydrogen-bond donors (Lipinski definition) is 1. The molecule has 0 aliphatic carbocycles. The Morgan fingerprint density at radius 3 is 2.62 bits per heavy atom. The van der Waals surface area contributed by atoms with Crippen LogP contribution in [0.3, 0.4) is 0 Å². The maximum Gasteiger partial charge on any atom is 0.416 e. The van der Waals surface area contributed by atoms with Crippen molar-refractivity contribution >= 4 is 28.5 Å². The van der Waals surface area contributed by atoms with E-state index in [1.54, 1.807) is 17.0 Å². The quantitative estimate of drug-likeness (QED) is 0.426. The van der Waals surface area contributed by atoms with Crippen molar-refractivity contribution < 1.29 is 18.0 Å². The third-order valence-corrected chi connectivity index (χ3v) is 6.57. The molecule has 1 saturated heterocycles. The van der Waals surface area contributed by atoms with Gasteiger partial charge in [0.05, 0.1) is 45.3 Å². The molecule has 4 aromatic rings. The normalized spacial score (nSPS) is 18.7. The largest absolute Gasteiger partial charge is 0.416 e. The van der Waals surface area contributed by atoms with Crippen LogP contribution < -0.4 is 0 Å². The number of halogens is 4. The highest BCUT2D eigenvalue weighted by Crippen LogP contribution is 2.41. The van der Waals surface area contributed by atoms with Crippen molar-refractivity contribution in [2.24, 2.45) is 0 Å². The SMILES string of the molecule is Cc1ccc(-n2nccn2)c(C(=O)N2CCC[C@@]2(C)c2nc3c(Cl)cc(C(F)(F)F)cc3[nH]2)c1. The van der Waals surface area contributed by atoms with E-state index in [0.717, 1.165) is 17.7 Å². The fourth-order valence-corrected chi connectivity index (χ4v) is 4.77. The molecule has 1 fully saturated rings. The maximum absolute atomic E-state index is 13.8. The van der Waals surface area contributed by atoms with E-state index < -0.39 is 17.3 Å². The Labute approximate surface area is 197 Å². The monoisotopic (exact) mass is 488 g/mol. The summed E-state index contributed by atoms with van der Waals surface area (Å²) in [6.45, 7) is 4.21. The zero-order chi connectivity index (χ0) is 24.3. The first-order valence-electron chi connectivity index (χ1n) is 10.6. The summed E-state index contributed by atoms with van der Waals surface area (Å²) in [6, 6.07) is 7.30. The molecule has 1 aliphatic rings. The summed E-state index contributed by atoms with van der Waals surface area (Å²) < 4.78 is 39.8. The zero-order valence-electron chi connectivity index (χ0n) is 18.3. The number of nitrogens with zero attached hydrogens (tertiary/aromatic N) is 5. The molecular weight excluding hydrogens is 469 g/mol. The molecule has 0 radical (unpaired) electrons. The molecule has 2 aromatic carbocycles. The lowest BCUT2D eigenvalue weighted by Crippen LogP contribution is -2.44. The molecule has 1 atom stereocenters. The van der Waals surface area contributed by atoms with E-state index in [9.17, 15) is 18.0 Å². The van der Waals surface area contributed by atoms with Gasteiger partial charge in [-0.25, -0.2) is 4.98 Å². The molecule has 5 rings (SSSR count). The van der Waals surface area contributed by atoms with Crippen molar-refractivity contribution in [3.8, 4) is 5.69 Å². The van der Waals surface area contributed by atoms with Gasteiger partial charge in [-0.3, -0.25) is 4.79 Å². The number of carbonyl (C=O) groups excluding carboxylic acids is 1. The molecule has 7 nitrogen and oxygen atoms in total. The van der Waals surface area contributed by atoms with Gasteiger partial charge in [0.25, 0.3) is 5.91 Å². The predicted octanol–water partition coefficient (Wildman–Crippen LogP) is 5.28. The molecule has 1 N–H and O–H groups in total. The summed E-state index contributed by atoms with van der Waals surface area (Å²) in [5, 5.41) is 8.21. The Balaban J connectivity index is 1.58. The molecule has 0 unspecified atom stereocenters. The van der Waals surface area contributed by atoms with Crippen LogP contribution in [0.5, 0.6) is 0 Å². The van der Waals surface area contributed by atoms with Crippen LogP contribution in [-0.4, -0.2) is 42.3 Å². The Kier molecular flexibility index (Phi) is 5.16. The van der Waals surface area contributed by atoms with E-state index in [4.69, 9.17) is 11.6 Å². The number of fused-ring (bicyclic) bond motifs is 1. The number of aryl methyl sites for hydroxylation is 1. The lowest BCUT2D eigenvalue weighted by molar-refractivity contribution is -0.137. The van der Waals surface area contributed by atoms with E-state index in [1.165, 1.54) is 17.2 Å². The number of hydrogen-bond acceptors (Lipinski definition) is 4. The fraction of sp³-hybridized carbons (Fsp3) is 0.304. The van der Waals surface area contributed by atoms with Crippen molar-refractivity contribution in [3.05, 3.63) is 70.3 Å². The highest BCUT2D eigenvalue weighted by atomic mass is 35.5. The van der Waals surface area contributed by atoms with Crippen molar-refractivity contribution in [1.29, 1.82) is 0 Å². The maximum atomic E-state index is 13.8. The second-order valence-electron chi connectivity index (χ2n) is 8.61. The van der Waals surface area contributed by atoms with Crippen LogP contribution in [0.1, 0.15) is 47.1 Å². The number of likely N-dealkylation sites (tertiary alicyclic amines) is 1. The molecule has 34 heavy (non-hydrogen) atoms. The third kappa shape index (κ3) is 3.62. The van der Waals surface area contributed by atoms with Gasteiger partial charge in [-0.15, -0.1) is 0 Å². The van der Waals surface area contributed by atoms with Crippen LogP contribution in [0.25, 0.3) is 16.7 Å². The van der Waals surface area contributed by atoms with Gasteiger partial charge in [-0.05, 0) is 51.0 Å². The summed E-state index contributed by atoms with van der Waals surface area (Å²) in [6.07, 6.45) is -0.182. The number of aromatic nitrogens is 5. The van der Waals surface area contributed by atoms with Crippen LogP contribution in [0.4, 0.5) is 13.2 Å². The number of aromatic amines is 1. The Morgan fingerprint density at radius 1 is 1.18 bits per heavy atom. The van der Waals surface area contributed by atoms with E-state index >= 15 is 0 Å². The van der Waals surface area contributed by atoms with E-state index in [0.29, 0.717) is 36.5 Å². The van der Waals surface area contributed by atoms with Gasteiger partial charge in [0.1, 0.15) is 11.3 Å². The van der Waals surface area contributed by atoms with Gasteiger partial charge in [0.15, 0.2) is 0 Å². The lowest BCUT2D eigenvalue weighted by Gasteiger charge is -2.34. The number of nitrogens with one attached hydrogen (secondary N) is 1. The Hall–Kier alpha value is -3.40. The summed E-state index contributed by atoms with van der Waals surface area (Å²) in [5.41, 5.74) is 0.553. The van der Waals surface area contributed by atoms with Crippen molar-refractivity contribution in [2.45, 2.75) is 38.4 Å². The van der Waals surface area contributed by atoms with Crippen LogP contribution in [-0.2, 0) is 11.7 Å². The first kappa shape index (κ1) is 22.4. The minimum Gasteiger partial charge on any atom is -0.340 e. The number of amides is 1. The minimum atomic E-state index is -4.54. The molecule has 1 aliphatic heterocycles. The van der Waals surface area contributed by atoms with Gasteiger partial charge in [0.2, 0.25) is 0 Å². The Morgan fingerprint density at radius 2 is 1.91 bits per heavy atom. The summed E-state index contributed by atoms with van der Waals surface area (Å²) in [7, 11) is 0. The third-order valence-electron chi connectivity index (χ3n) is 6.28. The molecular formula is C23H20ClF3N6O. The molecule has 176 valence electrons. The van der Waals surface area contributed by atoms with Gasteiger partial charge in [-0.2, -0.15) is 28.2 Å². The average molecular weight is 489 g/mol. The van der Waals surface area contributed by atoms with Crippen LogP contribution in [0, 0.1) is 6.92 Å². The molecule has 1 amide bonds. The molecule has 3 heterocycles. The molecule has 0 bridgehead atoms. The van der Waals surface area contributed by atoms with Crippen molar-refractivity contribution in [3.63, 3.8) is 0 Å². The smallest absolute Gasteiger partial charge is 0.340 e. The molecule has 11 heteroatoms. The minimum absolute atomic E-state index is 0.0995. The molecule has 0 saturated carbocycles. The highest BCUT2D eigenvalue weighted by Gasteiger charge is 2.44. The first-order chi connectivity index (χ1) is 16.1. The number of rotatable bonds is 3. The van der Waals surface area contributed by atoms with Gasteiger partial charge in [-0.1, -0.05) is 23.2 Å². The number of imidazole rings is 1. The standard InChI is InChI=1S/C23H20ClF3N6O/c1-13-4-5-18(33-28-7-8-29-33)15(10-13)20(34)32-9-3-6-22(32,2)21-30-17-12-14(23(25,26)27)11-16(24)19(17)31-21/h4-5,7-8,10-12H,3,6,9H2,1-2H3,(H,30,31)/t22-/m0/s1. The summed E-state index contributed by atoms with van der Waals surface area (Å²) in [4.78, 5) is 24.4. The van der Waals surface area contributed by atoms with Crippen LogP contribution in [0.15, 0.2) is 42.7 Å². The second kappa shape index (κ2) is 7.83. The van der Waals surface area contributed by atoms with E-state index in [1.807, 2.05) is 19.9 Å². The van der Waals surface area contributed by atoms with Gasteiger partial charge >= 0.3 is 6.18 Å². The first-order valence-corrected chi connectivity index (χ1v) is 11.0. The van der Waals surface area contributed by atoms with E-state index in [2.05, 4.69) is 20.2 Å². The molecule has 2 aromatic heterocycles. The average Bonchev–Trinajstić information content (AvgIpc) is 3.52. The lowest BCUT2D eigenvalue weighted by atomic mass is 9.96. The number of carbonyl (C=O) groups is 1. The van der Waals surface area contributed by atoms with Gasteiger partial charge in [0, 0.05) is 6.54 Å². The van der Waals surface area contributed by atoms with Crippen LogP contribution in [0.2, 0.25) is 5.02 Å². The topological polar surface area (TPSA) is 79.7 Å². The van der Waals surface area contributed by atoms with Crippen LogP contribution >= 0.6 is 11.6 Å². The van der Waals surface area contributed by atoms with Crippen molar-refractivity contribution in [2.75, 3.05) is 6.54 Å². The summed E-state index contributed by atoms with van der Waals surface area (Å²) >= 11 is 6.14. The fourth-order valence-electron chi connectivity index (χ4n) is 4.51. The predicted molar refractivity (Wildman–Crippen MR) is 120 cm³/mol.